The first kappa shape index (κ1) is 19.7. The van der Waals surface area contributed by atoms with E-state index in [0.717, 1.165) is 60.6 Å². The maximum atomic E-state index is 12.4. The van der Waals surface area contributed by atoms with Gasteiger partial charge in [0.15, 0.2) is 0 Å². The van der Waals surface area contributed by atoms with Crippen molar-refractivity contribution in [3.63, 3.8) is 0 Å². The highest BCUT2D eigenvalue weighted by atomic mass is 32.1. The van der Waals surface area contributed by atoms with E-state index in [-0.39, 0.29) is 5.56 Å². The largest absolute Gasteiger partial charge is 0.497 e. The van der Waals surface area contributed by atoms with Gasteiger partial charge in [0.25, 0.3) is 5.56 Å². The maximum Gasteiger partial charge on any atom is 0.259 e. The molecule has 158 valence electrons. The minimum atomic E-state index is -0.0448. The van der Waals surface area contributed by atoms with E-state index < -0.39 is 0 Å². The number of fused-ring (bicyclic) bond motifs is 1. The quantitative estimate of drug-likeness (QED) is 0.482. The van der Waals surface area contributed by atoms with Crippen molar-refractivity contribution in [3.8, 4) is 16.3 Å². The van der Waals surface area contributed by atoms with Crippen LogP contribution in [0.5, 0.6) is 5.75 Å². The first-order valence-electron chi connectivity index (χ1n) is 10.2. The zero-order valence-corrected chi connectivity index (χ0v) is 18.1. The van der Waals surface area contributed by atoms with E-state index in [1.54, 1.807) is 35.1 Å². The van der Waals surface area contributed by atoms with E-state index in [2.05, 4.69) is 20.2 Å². The van der Waals surface area contributed by atoms with Crippen LogP contribution in [0.2, 0.25) is 0 Å². The van der Waals surface area contributed by atoms with Crippen LogP contribution >= 0.6 is 11.3 Å². The number of benzene rings is 1. The molecule has 5 rings (SSSR count). The molecule has 0 atom stereocenters. The van der Waals surface area contributed by atoms with Crippen LogP contribution in [-0.2, 0) is 6.54 Å². The average Bonchev–Trinajstić information content (AvgIpc) is 3.28. The molecule has 1 saturated heterocycles. The standard InChI is InChI=1S/C23H23N5O2S/c1-30-19-7-5-17(6-8-19)23-24-18(16-31-23)15-26-10-12-27(13-11-26)21-14-22(29)28-9-3-2-4-20(28)25-21/h2-9,14,16H,10-13,15H2,1H3. The molecule has 0 N–H and O–H groups in total. The van der Waals surface area contributed by atoms with Gasteiger partial charge in [-0.1, -0.05) is 6.07 Å². The van der Waals surface area contributed by atoms with Crippen molar-refractivity contribution in [1.82, 2.24) is 19.3 Å². The first-order valence-corrected chi connectivity index (χ1v) is 11.1. The predicted molar refractivity (Wildman–Crippen MR) is 123 cm³/mol. The van der Waals surface area contributed by atoms with E-state index in [0.29, 0.717) is 5.65 Å². The second kappa shape index (κ2) is 8.49. The van der Waals surface area contributed by atoms with Gasteiger partial charge in [-0.15, -0.1) is 11.3 Å². The molecule has 7 nitrogen and oxygen atoms in total. The third-order valence-corrected chi connectivity index (χ3v) is 6.47. The summed E-state index contributed by atoms with van der Waals surface area (Å²) in [6, 6.07) is 15.2. The molecule has 1 aromatic carbocycles. The molecule has 0 spiro atoms. The third kappa shape index (κ3) is 4.17. The summed E-state index contributed by atoms with van der Waals surface area (Å²) in [7, 11) is 1.67. The van der Waals surface area contributed by atoms with Gasteiger partial charge in [-0.2, -0.15) is 0 Å². The van der Waals surface area contributed by atoms with Crippen molar-refractivity contribution in [1.29, 1.82) is 0 Å². The van der Waals surface area contributed by atoms with Crippen molar-refractivity contribution in [2.24, 2.45) is 0 Å². The van der Waals surface area contributed by atoms with Gasteiger partial charge < -0.3 is 9.64 Å². The Morgan fingerprint density at radius 2 is 1.84 bits per heavy atom. The topological polar surface area (TPSA) is 63.0 Å². The lowest BCUT2D eigenvalue weighted by atomic mass is 10.2. The van der Waals surface area contributed by atoms with Crippen molar-refractivity contribution < 1.29 is 4.74 Å². The molecule has 1 fully saturated rings. The van der Waals surface area contributed by atoms with Crippen LogP contribution in [0.1, 0.15) is 5.69 Å². The Bertz CT molecular complexity index is 1240. The van der Waals surface area contributed by atoms with Crippen LogP contribution in [-0.4, -0.2) is 52.6 Å². The second-order valence-corrected chi connectivity index (χ2v) is 8.38. The van der Waals surface area contributed by atoms with E-state index >= 15 is 0 Å². The number of pyridine rings is 1. The zero-order valence-electron chi connectivity index (χ0n) is 17.3. The minimum absolute atomic E-state index is 0.0448. The van der Waals surface area contributed by atoms with Crippen LogP contribution in [0, 0.1) is 0 Å². The van der Waals surface area contributed by atoms with Crippen LogP contribution in [0.3, 0.4) is 0 Å². The van der Waals surface area contributed by atoms with E-state index in [1.165, 1.54) is 0 Å². The van der Waals surface area contributed by atoms with Crippen molar-refractivity contribution in [3.05, 3.63) is 76.2 Å². The summed E-state index contributed by atoms with van der Waals surface area (Å²) in [6.45, 7) is 4.32. The van der Waals surface area contributed by atoms with Crippen LogP contribution in [0.4, 0.5) is 5.82 Å². The number of methoxy groups -OCH3 is 1. The van der Waals surface area contributed by atoms with Gasteiger partial charge in [0.2, 0.25) is 0 Å². The third-order valence-electron chi connectivity index (χ3n) is 5.53. The fourth-order valence-electron chi connectivity index (χ4n) is 3.81. The van der Waals surface area contributed by atoms with E-state index in [4.69, 9.17) is 9.72 Å². The Morgan fingerprint density at radius 1 is 1.03 bits per heavy atom. The van der Waals surface area contributed by atoms with Gasteiger partial charge in [-0.25, -0.2) is 9.97 Å². The molecule has 31 heavy (non-hydrogen) atoms. The molecule has 3 aromatic heterocycles. The lowest BCUT2D eigenvalue weighted by Crippen LogP contribution is -2.46. The molecule has 0 saturated carbocycles. The number of piperazine rings is 1. The van der Waals surface area contributed by atoms with Gasteiger partial charge in [0, 0.05) is 55.9 Å². The number of thiazole rings is 1. The summed E-state index contributed by atoms with van der Waals surface area (Å²) in [5, 5.41) is 3.16. The van der Waals surface area contributed by atoms with Crippen LogP contribution < -0.4 is 15.2 Å². The maximum absolute atomic E-state index is 12.4. The fourth-order valence-corrected chi connectivity index (χ4v) is 4.63. The van der Waals surface area contributed by atoms with E-state index in [1.807, 2.05) is 42.5 Å². The monoisotopic (exact) mass is 433 g/mol. The lowest BCUT2D eigenvalue weighted by molar-refractivity contribution is 0.247. The highest BCUT2D eigenvalue weighted by Gasteiger charge is 2.20. The number of nitrogens with zero attached hydrogens (tertiary/aromatic N) is 5. The molecule has 0 bridgehead atoms. The molecular formula is C23H23N5O2S. The smallest absolute Gasteiger partial charge is 0.259 e. The van der Waals surface area contributed by atoms with Crippen molar-refractivity contribution >= 4 is 22.8 Å². The summed E-state index contributed by atoms with van der Waals surface area (Å²) in [5.41, 5.74) is 2.83. The molecular weight excluding hydrogens is 410 g/mol. The normalized spacial score (nSPS) is 14.8. The van der Waals surface area contributed by atoms with E-state index in [9.17, 15) is 4.79 Å². The average molecular weight is 434 g/mol. The Kier molecular flexibility index (Phi) is 5.40. The summed E-state index contributed by atoms with van der Waals surface area (Å²) in [5.74, 6) is 1.60. The summed E-state index contributed by atoms with van der Waals surface area (Å²) in [6.07, 6.45) is 1.75. The summed E-state index contributed by atoms with van der Waals surface area (Å²) in [4.78, 5) is 26.5. The highest BCUT2D eigenvalue weighted by molar-refractivity contribution is 7.13. The van der Waals surface area contributed by atoms with Gasteiger partial charge in [-0.3, -0.25) is 14.1 Å². The van der Waals surface area contributed by atoms with Gasteiger partial charge >= 0.3 is 0 Å². The van der Waals surface area contributed by atoms with Gasteiger partial charge in [0.05, 0.1) is 12.8 Å². The summed E-state index contributed by atoms with van der Waals surface area (Å²) >= 11 is 1.67. The first-order chi connectivity index (χ1) is 15.2. The zero-order chi connectivity index (χ0) is 21.2. The SMILES string of the molecule is COc1ccc(-c2nc(CN3CCN(c4cc(=O)n5ccccc5n4)CC3)cs2)cc1. The number of hydrogen-bond acceptors (Lipinski definition) is 7. The van der Waals surface area contributed by atoms with Crippen molar-refractivity contribution in [2.45, 2.75) is 6.54 Å². The molecule has 1 aliphatic heterocycles. The Balaban J connectivity index is 1.22. The van der Waals surface area contributed by atoms with Crippen molar-refractivity contribution in [2.75, 3.05) is 38.2 Å². The highest BCUT2D eigenvalue weighted by Crippen LogP contribution is 2.26. The number of hydrogen-bond donors (Lipinski definition) is 0. The molecule has 0 aliphatic carbocycles. The Labute approximate surface area is 184 Å². The Hall–Kier alpha value is -3.23. The minimum Gasteiger partial charge on any atom is -0.497 e. The predicted octanol–water partition coefficient (Wildman–Crippen LogP) is 3.15. The van der Waals surface area contributed by atoms with Gasteiger partial charge in [0.1, 0.15) is 22.2 Å². The molecule has 1 aliphatic rings. The van der Waals surface area contributed by atoms with Crippen LogP contribution in [0.15, 0.2) is 64.9 Å². The van der Waals surface area contributed by atoms with Gasteiger partial charge in [-0.05, 0) is 36.4 Å². The second-order valence-electron chi connectivity index (χ2n) is 7.52. The molecule has 4 aromatic rings. The molecule has 4 heterocycles. The fraction of sp³-hybridized carbons (Fsp3) is 0.261. The molecule has 0 amide bonds. The lowest BCUT2D eigenvalue weighted by Gasteiger charge is -2.35. The number of aromatic nitrogens is 3. The number of rotatable bonds is 5. The molecule has 0 unspecified atom stereocenters. The molecule has 8 heteroatoms. The number of ether oxygens (including phenoxy) is 1. The number of anilines is 1. The summed E-state index contributed by atoms with van der Waals surface area (Å²) < 4.78 is 6.80. The Morgan fingerprint density at radius 3 is 2.61 bits per heavy atom. The van der Waals surface area contributed by atoms with Crippen LogP contribution in [0.25, 0.3) is 16.2 Å². The molecule has 0 radical (unpaired) electrons.